The monoisotopic (exact) mass is 392 g/mol. The Bertz CT molecular complexity index is 744. The molecular weight excluding hydrogens is 368 g/mol. The lowest BCUT2D eigenvalue weighted by atomic mass is 9.78. The molecule has 1 aromatic carbocycles. The van der Waals surface area contributed by atoms with E-state index in [-0.39, 0.29) is 24.3 Å². The molecule has 0 bridgehead atoms. The van der Waals surface area contributed by atoms with Crippen LogP contribution < -0.4 is 5.32 Å². The fourth-order valence-corrected chi connectivity index (χ4v) is 5.12. The van der Waals surface area contributed by atoms with Gasteiger partial charge < -0.3 is 10.1 Å². The number of aromatic nitrogens is 1. The maximum atomic E-state index is 12.1. The first kappa shape index (κ1) is 19.2. The highest BCUT2D eigenvalue weighted by atomic mass is 32.2. The predicted molar refractivity (Wildman–Crippen MR) is 105 cm³/mol. The molecule has 1 heterocycles. The number of rotatable bonds is 6. The van der Waals surface area contributed by atoms with Crippen molar-refractivity contribution in [3.8, 4) is 0 Å². The zero-order valence-electron chi connectivity index (χ0n) is 15.1. The highest BCUT2D eigenvalue weighted by molar-refractivity contribution is 8.01. The minimum atomic E-state index is -0.394. The quantitative estimate of drug-likeness (QED) is 0.597. The number of para-hydroxylation sites is 1. The van der Waals surface area contributed by atoms with E-state index >= 15 is 0 Å². The van der Waals surface area contributed by atoms with Crippen molar-refractivity contribution in [3.63, 3.8) is 0 Å². The summed E-state index contributed by atoms with van der Waals surface area (Å²) in [7, 11) is 0. The molecule has 1 aliphatic rings. The fourth-order valence-electron chi connectivity index (χ4n) is 3.26. The van der Waals surface area contributed by atoms with Crippen LogP contribution in [-0.2, 0) is 14.3 Å². The lowest BCUT2D eigenvalue weighted by molar-refractivity contribution is -0.146. The summed E-state index contributed by atoms with van der Waals surface area (Å²) in [5, 5.41) is 3.01. The third kappa shape index (κ3) is 4.98. The molecule has 0 spiro atoms. The number of nitrogens with zero attached hydrogens (tertiary/aromatic N) is 1. The van der Waals surface area contributed by atoms with E-state index in [1.165, 1.54) is 18.2 Å². The van der Waals surface area contributed by atoms with Crippen LogP contribution in [-0.4, -0.2) is 35.3 Å². The van der Waals surface area contributed by atoms with Gasteiger partial charge in [0.15, 0.2) is 10.9 Å². The third-order valence-corrected chi connectivity index (χ3v) is 7.16. The number of amides is 1. The van der Waals surface area contributed by atoms with Crippen LogP contribution in [0.5, 0.6) is 0 Å². The lowest BCUT2D eigenvalue weighted by Crippen LogP contribution is -2.45. The van der Waals surface area contributed by atoms with Crippen molar-refractivity contribution in [2.24, 2.45) is 11.8 Å². The molecule has 1 amide bonds. The Morgan fingerprint density at radius 2 is 2.12 bits per heavy atom. The molecule has 26 heavy (non-hydrogen) atoms. The third-order valence-electron chi connectivity index (χ3n) is 5.01. The van der Waals surface area contributed by atoms with Crippen LogP contribution in [0.2, 0.25) is 0 Å². The summed E-state index contributed by atoms with van der Waals surface area (Å²) in [6.45, 7) is 4.19. The minimum absolute atomic E-state index is 0.157. The maximum Gasteiger partial charge on any atom is 0.316 e. The van der Waals surface area contributed by atoms with Gasteiger partial charge in [-0.3, -0.25) is 9.59 Å². The maximum absolute atomic E-state index is 12.1. The van der Waals surface area contributed by atoms with Gasteiger partial charge in [-0.05, 0) is 30.4 Å². The normalized spacial score (nSPS) is 22.9. The number of hydrogen-bond acceptors (Lipinski definition) is 6. The van der Waals surface area contributed by atoms with E-state index in [1.807, 2.05) is 24.3 Å². The summed E-state index contributed by atoms with van der Waals surface area (Å²) in [4.78, 5) is 28.4. The smallest absolute Gasteiger partial charge is 0.316 e. The summed E-state index contributed by atoms with van der Waals surface area (Å²) >= 11 is 2.90. The first-order valence-corrected chi connectivity index (χ1v) is 10.8. The van der Waals surface area contributed by atoms with Crippen molar-refractivity contribution in [3.05, 3.63) is 24.3 Å². The van der Waals surface area contributed by atoms with Gasteiger partial charge in [-0.2, -0.15) is 0 Å². The van der Waals surface area contributed by atoms with Crippen LogP contribution in [0.4, 0.5) is 0 Å². The number of carbonyl (C=O) groups is 2. The van der Waals surface area contributed by atoms with Crippen LogP contribution in [0.3, 0.4) is 0 Å². The molecule has 1 aromatic heterocycles. The topological polar surface area (TPSA) is 68.3 Å². The van der Waals surface area contributed by atoms with Gasteiger partial charge in [0.05, 0.1) is 16.0 Å². The average Bonchev–Trinajstić information content (AvgIpc) is 3.05. The second kappa shape index (κ2) is 8.86. The minimum Gasteiger partial charge on any atom is -0.455 e. The van der Waals surface area contributed by atoms with Crippen LogP contribution in [0.1, 0.15) is 33.1 Å². The molecule has 0 aliphatic heterocycles. The second-order valence-corrected chi connectivity index (χ2v) is 9.09. The number of ether oxygens (including phenoxy) is 1. The zero-order chi connectivity index (χ0) is 18.5. The van der Waals surface area contributed by atoms with Gasteiger partial charge in [0.25, 0.3) is 5.91 Å². The molecule has 1 fully saturated rings. The first-order valence-electron chi connectivity index (χ1n) is 8.96. The number of thiazole rings is 1. The van der Waals surface area contributed by atoms with Crippen molar-refractivity contribution in [1.82, 2.24) is 10.3 Å². The molecular formula is C19H24N2O3S2. The van der Waals surface area contributed by atoms with Crippen molar-refractivity contribution < 1.29 is 14.3 Å². The summed E-state index contributed by atoms with van der Waals surface area (Å²) in [6, 6.07) is 8.05. The van der Waals surface area contributed by atoms with Gasteiger partial charge >= 0.3 is 5.97 Å². The molecule has 0 radical (unpaired) electrons. The average molecular weight is 393 g/mol. The van der Waals surface area contributed by atoms with E-state index < -0.39 is 5.97 Å². The van der Waals surface area contributed by atoms with E-state index in [1.54, 1.807) is 11.3 Å². The second-order valence-electron chi connectivity index (χ2n) is 6.84. The van der Waals surface area contributed by atoms with Gasteiger partial charge in [-0.25, -0.2) is 4.98 Å². The van der Waals surface area contributed by atoms with Crippen LogP contribution >= 0.6 is 23.1 Å². The summed E-state index contributed by atoms with van der Waals surface area (Å²) in [6.07, 6.45) is 3.35. The van der Waals surface area contributed by atoms with Crippen LogP contribution in [0, 0.1) is 11.8 Å². The molecule has 5 nitrogen and oxygen atoms in total. The molecule has 0 unspecified atom stereocenters. The Hall–Kier alpha value is -1.60. The lowest BCUT2D eigenvalue weighted by Gasteiger charge is -2.34. The number of benzene rings is 1. The molecule has 0 saturated heterocycles. The van der Waals surface area contributed by atoms with E-state index in [2.05, 4.69) is 24.1 Å². The molecule has 1 saturated carbocycles. The van der Waals surface area contributed by atoms with E-state index in [9.17, 15) is 9.59 Å². The Labute approximate surface area is 161 Å². The first-order chi connectivity index (χ1) is 12.5. The fraction of sp³-hybridized carbons (Fsp3) is 0.526. The van der Waals surface area contributed by atoms with Gasteiger partial charge in [-0.1, -0.05) is 50.6 Å². The zero-order valence-corrected chi connectivity index (χ0v) is 16.7. The molecule has 1 aliphatic carbocycles. The molecule has 2 aromatic rings. The van der Waals surface area contributed by atoms with Crippen molar-refractivity contribution >= 4 is 45.2 Å². The Morgan fingerprint density at radius 3 is 2.92 bits per heavy atom. The Balaban J connectivity index is 1.40. The Kier molecular flexibility index (Phi) is 6.53. The van der Waals surface area contributed by atoms with Crippen LogP contribution in [0.15, 0.2) is 28.6 Å². The molecule has 7 heteroatoms. The molecule has 1 N–H and O–H groups in total. The van der Waals surface area contributed by atoms with Crippen molar-refractivity contribution in [2.45, 2.75) is 43.5 Å². The van der Waals surface area contributed by atoms with Gasteiger partial charge in [0.1, 0.15) is 0 Å². The van der Waals surface area contributed by atoms with Crippen molar-refractivity contribution in [2.75, 3.05) is 12.4 Å². The highest BCUT2D eigenvalue weighted by Gasteiger charge is 2.28. The van der Waals surface area contributed by atoms with E-state index in [0.29, 0.717) is 11.8 Å². The Morgan fingerprint density at radius 1 is 1.31 bits per heavy atom. The number of thioether (sulfide) groups is 1. The largest absolute Gasteiger partial charge is 0.455 e. The highest BCUT2D eigenvalue weighted by Crippen LogP contribution is 2.30. The molecule has 140 valence electrons. The summed E-state index contributed by atoms with van der Waals surface area (Å²) in [5.74, 6) is 0.618. The number of fused-ring (bicyclic) bond motifs is 1. The standard InChI is InChI=1S/C19H24N2O3S2/c1-12-6-5-8-14(13(12)2)20-17(22)10-24-18(23)11-25-19-21-15-7-3-4-9-16(15)26-19/h3-4,7,9,12-14H,5-6,8,10-11H2,1-2H3,(H,20,22)/t12-,13-,14-/m1/s1. The number of esters is 1. The number of nitrogens with one attached hydrogen (secondary N) is 1. The summed E-state index contributed by atoms with van der Waals surface area (Å²) < 4.78 is 7.04. The molecule has 3 rings (SSSR count). The molecule has 3 atom stereocenters. The van der Waals surface area contributed by atoms with Gasteiger partial charge in [0, 0.05) is 6.04 Å². The van der Waals surface area contributed by atoms with Crippen LogP contribution in [0.25, 0.3) is 10.2 Å². The van der Waals surface area contributed by atoms with E-state index in [4.69, 9.17) is 4.74 Å². The number of hydrogen-bond donors (Lipinski definition) is 1. The van der Waals surface area contributed by atoms with Crippen molar-refractivity contribution in [1.29, 1.82) is 0 Å². The summed E-state index contributed by atoms with van der Waals surface area (Å²) in [5.41, 5.74) is 0.934. The predicted octanol–water partition coefficient (Wildman–Crippen LogP) is 3.87. The number of carbonyl (C=O) groups excluding carboxylic acids is 2. The van der Waals surface area contributed by atoms with Gasteiger partial charge in [-0.15, -0.1) is 11.3 Å². The van der Waals surface area contributed by atoms with E-state index in [0.717, 1.165) is 27.4 Å². The van der Waals surface area contributed by atoms with Gasteiger partial charge in [0.2, 0.25) is 0 Å². The SMILES string of the molecule is C[C@@H]1[C@H](C)CCC[C@H]1NC(=O)COC(=O)CSc1nc2ccccc2s1.